The van der Waals surface area contributed by atoms with Gasteiger partial charge in [0.25, 0.3) is 11.2 Å². The van der Waals surface area contributed by atoms with Crippen LogP contribution in [0, 0.1) is 10.1 Å². The molecule has 1 atom stereocenters. The Labute approximate surface area is 163 Å². The zero-order valence-electron chi connectivity index (χ0n) is 14.8. The average Bonchev–Trinajstić information content (AvgIpc) is 3.01. The number of non-ortho nitro benzene ring substituents is 1. The molecule has 0 bridgehead atoms. The number of nitro benzene ring substituents is 1. The Morgan fingerprint density at radius 1 is 1.52 bits per heavy atom. The Morgan fingerprint density at radius 3 is 3.00 bits per heavy atom. The summed E-state index contributed by atoms with van der Waals surface area (Å²) in [6.07, 6.45) is 0.743. The first-order chi connectivity index (χ1) is 12.9. The monoisotopic (exact) mass is 406 g/mol. The van der Waals surface area contributed by atoms with E-state index in [2.05, 4.69) is 17.2 Å². The molecule has 1 aromatic heterocycles. The third-order valence-electron chi connectivity index (χ3n) is 3.95. The molecule has 1 amide bonds. The lowest BCUT2D eigenvalue weighted by atomic mass is 10.2. The molecule has 0 saturated carbocycles. The van der Waals surface area contributed by atoms with E-state index >= 15 is 0 Å². The molecule has 0 radical (unpaired) electrons. The van der Waals surface area contributed by atoms with E-state index in [0.29, 0.717) is 27.5 Å². The van der Waals surface area contributed by atoms with Crippen LogP contribution in [0.2, 0.25) is 0 Å². The molecule has 8 nitrogen and oxygen atoms in total. The fourth-order valence-electron chi connectivity index (χ4n) is 2.74. The minimum atomic E-state index is -0.516. The summed E-state index contributed by atoms with van der Waals surface area (Å²) in [7, 11) is 0. The van der Waals surface area contributed by atoms with Crippen molar-refractivity contribution in [2.24, 2.45) is 0 Å². The normalized spacial score (nSPS) is 15.4. The van der Waals surface area contributed by atoms with E-state index in [4.69, 9.17) is 0 Å². The molecule has 1 aromatic carbocycles. The Kier molecular flexibility index (Phi) is 5.85. The molecular formula is C17H18N4O4S2. The van der Waals surface area contributed by atoms with Gasteiger partial charge in [0.05, 0.1) is 21.3 Å². The van der Waals surface area contributed by atoms with Gasteiger partial charge in [0.15, 0.2) is 5.16 Å². The van der Waals surface area contributed by atoms with Crippen molar-refractivity contribution in [1.29, 1.82) is 0 Å². The molecule has 1 unspecified atom stereocenters. The number of nitro groups is 1. The van der Waals surface area contributed by atoms with E-state index in [1.165, 1.54) is 30.0 Å². The zero-order chi connectivity index (χ0) is 19.6. The van der Waals surface area contributed by atoms with Gasteiger partial charge in [-0.25, -0.2) is 4.98 Å². The first kappa shape index (κ1) is 19.4. The molecule has 0 spiro atoms. The number of rotatable bonds is 6. The molecule has 0 saturated heterocycles. The molecule has 142 valence electrons. The number of carbonyl (C=O) groups is 1. The highest BCUT2D eigenvalue weighted by Crippen LogP contribution is 2.34. The van der Waals surface area contributed by atoms with E-state index in [-0.39, 0.29) is 22.9 Å². The first-order valence-corrected chi connectivity index (χ1v) is 10.2. The summed E-state index contributed by atoms with van der Waals surface area (Å²) in [5.41, 5.74) is 1.00. The SMILES string of the molecule is CCn1c(SCC(=O)Nc2cccc([N+](=O)[O-])c2)nc2c(c1=O)SC(C)C2. The van der Waals surface area contributed by atoms with Crippen molar-refractivity contribution in [3.63, 3.8) is 0 Å². The van der Waals surface area contributed by atoms with Gasteiger partial charge in [-0.1, -0.05) is 24.8 Å². The van der Waals surface area contributed by atoms with Crippen LogP contribution in [0.3, 0.4) is 0 Å². The van der Waals surface area contributed by atoms with Crippen LogP contribution in [0.25, 0.3) is 0 Å². The highest BCUT2D eigenvalue weighted by molar-refractivity contribution is 8.00. The lowest BCUT2D eigenvalue weighted by Crippen LogP contribution is -2.25. The molecule has 2 heterocycles. The number of hydrogen-bond donors (Lipinski definition) is 1. The van der Waals surface area contributed by atoms with Gasteiger partial charge in [-0.2, -0.15) is 0 Å². The molecule has 27 heavy (non-hydrogen) atoms. The van der Waals surface area contributed by atoms with Gasteiger partial charge < -0.3 is 5.32 Å². The number of nitrogens with one attached hydrogen (secondary N) is 1. The summed E-state index contributed by atoms with van der Waals surface area (Å²) in [5, 5.41) is 14.3. The van der Waals surface area contributed by atoms with Crippen molar-refractivity contribution >= 4 is 40.8 Å². The number of fused-ring (bicyclic) bond motifs is 1. The minimum absolute atomic E-state index is 0.0522. The molecule has 1 aliphatic heterocycles. The van der Waals surface area contributed by atoms with E-state index in [0.717, 1.165) is 12.1 Å². The average molecular weight is 406 g/mol. The van der Waals surface area contributed by atoms with Crippen molar-refractivity contribution in [3.05, 3.63) is 50.4 Å². The fourth-order valence-corrected chi connectivity index (χ4v) is 4.74. The first-order valence-electron chi connectivity index (χ1n) is 8.36. The van der Waals surface area contributed by atoms with Gasteiger partial charge >= 0.3 is 0 Å². The lowest BCUT2D eigenvalue weighted by Gasteiger charge is -2.11. The van der Waals surface area contributed by atoms with E-state index in [9.17, 15) is 19.7 Å². The number of aromatic nitrogens is 2. The maximum atomic E-state index is 12.6. The maximum Gasteiger partial charge on any atom is 0.271 e. The quantitative estimate of drug-likeness (QED) is 0.340. The van der Waals surface area contributed by atoms with Crippen molar-refractivity contribution in [2.75, 3.05) is 11.1 Å². The zero-order valence-corrected chi connectivity index (χ0v) is 16.4. The summed E-state index contributed by atoms with van der Waals surface area (Å²) in [5.74, 6) is -0.267. The number of thioether (sulfide) groups is 2. The number of carbonyl (C=O) groups excluding carboxylic acids is 1. The molecule has 1 aliphatic rings. The fraction of sp³-hybridized carbons (Fsp3) is 0.353. The minimum Gasteiger partial charge on any atom is -0.325 e. The van der Waals surface area contributed by atoms with Crippen molar-refractivity contribution < 1.29 is 9.72 Å². The second-order valence-electron chi connectivity index (χ2n) is 6.00. The molecule has 3 rings (SSSR count). The maximum absolute atomic E-state index is 12.6. The highest BCUT2D eigenvalue weighted by atomic mass is 32.2. The molecule has 2 aromatic rings. The number of benzene rings is 1. The number of amides is 1. The highest BCUT2D eigenvalue weighted by Gasteiger charge is 2.26. The number of nitrogens with zero attached hydrogens (tertiary/aromatic N) is 3. The van der Waals surface area contributed by atoms with Crippen LogP contribution in [0.15, 0.2) is 39.1 Å². The predicted molar refractivity (Wildman–Crippen MR) is 106 cm³/mol. The third kappa shape index (κ3) is 4.33. The molecular weight excluding hydrogens is 388 g/mol. The van der Waals surface area contributed by atoms with Crippen LogP contribution in [-0.4, -0.2) is 31.4 Å². The van der Waals surface area contributed by atoms with Crippen LogP contribution in [0.4, 0.5) is 11.4 Å². The van der Waals surface area contributed by atoms with Crippen LogP contribution in [-0.2, 0) is 17.8 Å². The summed E-state index contributed by atoms with van der Waals surface area (Å²) in [6.45, 7) is 4.40. The van der Waals surface area contributed by atoms with E-state index < -0.39 is 4.92 Å². The van der Waals surface area contributed by atoms with Crippen LogP contribution in [0.5, 0.6) is 0 Å². The van der Waals surface area contributed by atoms with E-state index in [1.54, 1.807) is 22.4 Å². The number of hydrogen-bond acceptors (Lipinski definition) is 7. The molecule has 0 fully saturated rings. The largest absolute Gasteiger partial charge is 0.325 e. The van der Waals surface area contributed by atoms with Crippen molar-refractivity contribution in [3.8, 4) is 0 Å². The molecule has 10 heteroatoms. The van der Waals surface area contributed by atoms with Gasteiger partial charge in [0, 0.05) is 36.0 Å². The van der Waals surface area contributed by atoms with Gasteiger partial charge in [0.1, 0.15) is 0 Å². The second-order valence-corrected chi connectivity index (χ2v) is 8.39. The van der Waals surface area contributed by atoms with E-state index in [1.807, 2.05) is 6.92 Å². The standard InChI is InChI=1S/C17H18N4O4S2/c1-3-20-16(23)15-13(7-10(2)27-15)19-17(20)26-9-14(22)18-11-5-4-6-12(8-11)21(24)25/h4-6,8,10H,3,7,9H2,1-2H3,(H,18,22). The second kappa shape index (κ2) is 8.13. The number of anilines is 1. The Bertz CT molecular complexity index is 960. The van der Waals surface area contributed by atoms with Gasteiger partial charge in [-0.15, -0.1) is 11.8 Å². The summed E-state index contributed by atoms with van der Waals surface area (Å²) >= 11 is 2.73. The van der Waals surface area contributed by atoms with Gasteiger partial charge in [-0.05, 0) is 13.0 Å². The van der Waals surface area contributed by atoms with Crippen LogP contribution in [0.1, 0.15) is 19.5 Å². The smallest absolute Gasteiger partial charge is 0.271 e. The Balaban J connectivity index is 1.72. The summed E-state index contributed by atoms with van der Waals surface area (Å²) in [4.78, 5) is 40.4. The molecule has 1 N–H and O–H groups in total. The Hall–Kier alpha value is -2.33. The van der Waals surface area contributed by atoms with Crippen molar-refractivity contribution in [2.45, 2.75) is 42.1 Å². The summed E-state index contributed by atoms with van der Waals surface area (Å²) in [6, 6.07) is 5.76. The van der Waals surface area contributed by atoms with Crippen LogP contribution < -0.4 is 10.9 Å². The van der Waals surface area contributed by atoms with Gasteiger partial charge in [-0.3, -0.25) is 24.3 Å². The summed E-state index contributed by atoms with van der Waals surface area (Å²) < 4.78 is 1.58. The molecule has 0 aliphatic carbocycles. The van der Waals surface area contributed by atoms with Gasteiger partial charge in [0.2, 0.25) is 5.91 Å². The topological polar surface area (TPSA) is 107 Å². The Morgan fingerprint density at radius 2 is 2.30 bits per heavy atom. The predicted octanol–water partition coefficient (Wildman–Crippen LogP) is 2.94. The van der Waals surface area contributed by atoms with Crippen molar-refractivity contribution in [1.82, 2.24) is 9.55 Å². The third-order valence-corrected chi connectivity index (χ3v) is 6.14. The van der Waals surface area contributed by atoms with Crippen LogP contribution >= 0.6 is 23.5 Å². The lowest BCUT2D eigenvalue weighted by molar-refractivity contribution is -0.384.